The third kappa shape index (κ3) is 7.51. The summed E-state index contributed by atoms with van der Waals surface area (Å²) in [7, 11) is -4.37. The molecule has 224 valence electrons. The van der Waals surface area contributed by atoms with E-state index in [-0.39, 0.29) is 41.3 Å². The molecule has 1 unspecified atom stereocenters. The van der Waals surface area contributed by atoms with Crippen molar-refractivity contribution in [3.63, 3.8) is 0 Å². The molecule has 12 heteroatoms. The summed E-state index contributed by atoms with van der Waals surface area (Å²) < 4.78 is 53.8. The lowest BCUT2D eigenvalue weighted by Gasteiger charge is -2.32. The van der Waals surface area contributed by atoms with Crippen LogP contribution in [0.1, 0.15) is 26.3 Å². The Balaban J connectivity index is 1.71. The van der Waals surface area contributed by atoms with Crippen molar-refractivity contribution in [2.24, 2.45) is 5.92 Å². The fourth-order valence-corrected chi connectivity index (χ4v) is 5.96. The molecule has 0 bridgehead atoms. The number of rotatable bonds is 11. The van der Waals surface area contributed by atoms with Crippen molar-refractivity contribution < 1.29 is 31.9 Å². The highest BCUT2D eigenvalue weighted by molar-refractivity contribution is 7.92. The average Bonchev–Trinajstić information content (AvgIpc) is 2.97. The highest BCUT2D eigenvalue weighted by Gasteiger charge is 2.33. The zero-order valence-corrected chi connectivity index (χ0v) is 25.1. The normalized spacial score (nSPS) is 13.4. The number of ether oxygens (including phenoxy) is 2. The molecule has 3 aromatic rings. The van der Waals surface area contributed by atoms with Crippen LogP contribution in [0.5, 0.6) is 11.5 Å². The molecule has 1 aliphatic rings. The molecule has 0 saturated carbocycles. The number of nitrogens with one attached hydrogen (secondary N) is 1. The number of sulfonamides is 1. The van der Waals surface area contributed by atoms with Crippen molar-refractivity contribution in [2.75, 3.05) is 30.6 Å². The Bertz CT molecular complexity index is 1530. The first-order chi connectivity index (χ1) is 20.0. The molecule has 0 radical (unpaired) electrons. The summed E-state index contributed by atoms with van der Waals surface area (Å²) >= 11 is 6.17. The van der Waals surface area contributed by atoms with Crippen LogP contribution in [0.2, 0.25) is 5.02 Å². The molecule has 4 rings (SSSR count). The Hall–Kier alpha value is -3.83. The number of anilines is 1. The summed E-state index contributed by atoms with van der Waals surface area (Å²) in [5.41, 5.74) is 0.724. The summed E-state index contributed by atoms with van der Waals surface area (Å²) in [6.45, 7) is 5.80. The van der Waals surface area contributed by atoms with Crippen molar-refractivity contribution in [2.45, 2.75) is 38.3 Å². The van der Waals surface area contributed by atoms with Crippen LogP contribution in [-0.4, -0.2) is 57.5 Å². The number of hydrogen-bond acceptors (Lipinski definition) is 6. The molecule has 3 aromatic carbocycles. The van der Waals surface area contributed by atoms with Crippen LogP contribution in [0.4, 0.5) is 10.1 Å². The Morgan fingerprint density at radius 2 is 1.67 bits per heavy atom. The second kappa shape index (κ2) is 13.4. The summed E-state index contributed by atoms with van der Waals surface area (Å²) in [5, 5.41) is 3.28. The zero-order valence-electron chi connectivity index (χ0n) is 23.5. The Morgan fingerprint density at radius 1 is 0.976 bits per heavy atom. The second-order valence-electron chi connectivity index (χ2n) is 10.3. The van der Waals surface area contributed by atoms with E-state index < -0.39 is 34.3 Å². The lowest BCUT2D eigenvalue weighted by molar-refractivity contribution is -0.139. The van der Waals surface area contributed by atoms with E-state index in [1.54, 1.807) is 31.2 Å². The minimum Gasteiger partial charge on any atom is -0.486 e. The molecule has 0 fully saturated rings. The van der Waals surface area contributed by atoms with Crippen molar-refractivity contribution in [3.8, 4) is 11.5 Å². The monoisotopic (exact) mass is 617 g/mol. The van der Waals surface area contributed by atoms with Gasteiger partial charge in [-0.2, -0.15) is 0 Å². The fourth-order valence-electron chi connectivity index (χ4n) is 4.31. The van der Waals surface area contributed by atoms with E-state index in [0.29, 0.717) is 29.5 Å². The zero-order chi connectivity index (χ0) is 30.4. The third-order valence-electron chi connectivity index (χ3n) is 6.59. The first-order valence-corrected chi connectivity index (χ1v) is 15.3. The van der Waals surface area contributed by atoms with Gasteiger partial charge in [-0.15, -0.1) is 0 Å². The van der Waals surface area contributed by atoms with E-state index >= 15 is 0 Å². The first kappa shape index (κ1) is 31.1. The van der Waals surface area contributed by atoms with Crippen LogP contribution >= 0.6 is 11.6 Å². The predicted molar refractivity (Wildman–Crippen MR) is 158 cm³/mol. The highest BCUT2D eigenvalue weighted by atomic mass is 35.5. The van der Waals surface area contributed by atoms with Crippen molar-refractivity contribution in [1.29, 1.82) is 0 Å². The van der Waals surface area contributed by atoms with Crippen LogP contribution in [0.15, 0.2) is 71.6 Å². The molecule has 1 heterocycles. The van der Waals surface area contributed by atoms with Gasteiger partial charge in [0.2, 0.25) is 11.8 Å². The number of halogens is 2. The second-order valence-corrected chi connectivity index (χ2v) is 12.6. The van der Waals surface area contributed by atoms with Gasteiger partial charge in [0.25, 0.3) is 10.0 Å². The predicted octanol–water partition coefficient (Wildman–Crippen LogP) is 4.64. The largest absolute Gasteiger partial charge is 0.486 e. The minimum absolute atomic E-state index is 0.00299. The molecular formula is C30H33ClFN3O6S. The van der Waals surface area contributed by atoms with Crippen LogP contribution in [-0.2, 0) is 26.2 Å². The smallest absolute Gasteiger partial charge is 0.264 e. The first-order valence-electron chi connectivity index (χ1n) is 13.5. The molecule has 2 amide bonds. The number of hydrogen-bond donors (Lipinski definition) is 1. The van der Waals surface area contributed by atoms with E-state index in [1.165, 1.54) is 35.2 Å². The molecule has 1 atom stereocenters. The van der Waals surface area contributed by atoms with Crippen LogP contribution in [0.25, 0.3) is 0 Å². The maximum Gasteiger partial charge on any atom is 0.264 e. The molecule has 0 aromatic heterocycles. The highest BCUT2D eigenvalue weighted by Crippen LogP contribution is 2.34. The van der Waals surface area contributed by atoms with Gasteiger partial charge in [-0.25, -0.2) is 12.8 Å². The molecule has 0 saturated heterocycles. The quantitative estimate of drug-likeness (QED) is 0.336. The molecule has 0 spiro atoms. The molecule has 0 aliphatic carbocycles. The Kier molecular flexibility index (Phi) is 9.95. The molecular weight excluding hydrogens is 585 g/mol. The van der Waals surface area contributed by atoms with E-state index in [9.17, 15) is 22.4 Å². The maximum atomic E-state index is 14.0. The number of fused-ring (bicyclic) bond motifs is 1. The van der Waals surface area contributed by atoms with Gasteiger partial charge < -0.3 is 19.7 Å². The standard InChI is InChI=1S/C30H33ClFN3O6S/c1-20(2)17-33-30(37)21(3)34(18-22-5-4-6-23(31)15-22)29(36)19-35(25-9-7-24(32)8-10-25)42(38,39)26-11-12-27-28(16-26)41-14-13-40-27/h4-12,15-16,20-21H,13-14,17-19H2,1-3H3,(H,33,37). The fraction of sp³-hybridized carbons (Fsp3) is 0.333. The topological polar surface area (TPSA) is 105 Å². The van der Waals surface area contributed by atoms with Crippen molar-refractivity contribution >= 4 is 39.1 Å². The molecule has 42 heavy (non-hydrogen) atoms. The SMILES string of the molecule is CC(C)CNC(=O)C(C)N(Cc1cccc(Cl)c1)C(=O)CN(c1ccc(F)cc1)S(=O)(=O)c1ccc2c(c1)OCCO2. The van der Waals surface area contributed by atoms with E-state index in [0.717, 1.165) is 16.4 Å². The molecule has 1 aliphatic heterocycles. The lowest BCUT2D eigenvalue weighted by atomic mass is 10.1. The van der Waals surface area contributed by atoms with E-state index in [1.807, 2.05) is 13.8 Å². The van der Waals surface area contributed by atoms with Crippen molar-refractivity contribution in [3.05, 3.63) is 83.1 Å². The van der Waals surface area contributed by atoms with Gasteiger partial charge in [0.15, 0.2) is 11.5 Å². The summed E-state index contributed by atoms with van der Waals surface area (Å²) in [4.78, 5) is 28.2. The number of amides is 2. The van der Waals surface area contributed by atoms with Gasteiger partial charge in [0.05, 0.1) is 10.6 Å². The number of nitrogens with zero attached hydrogens (tertiary/aromatic N) is 2. The molecule has 1 N–H and O–H groups in total. The Morgan fingerprint density at radius 3 is 2.33 bits per heavy atom. The van der Waals surface area contributed by atoms with Gasteiger partial charge in [0.1, 0.15) is 31.6 Å². The molecule has 9 nitrogen and oxygen atoms in total. The summed E-state index contributed by atoms with van der Waals surface area (Å²) in [6, 6.07) is 14.8. The minimum atomic E-state index is -4.37. The van der Waals surface area contributed by atoms with Gasteiger partial charge in [-0.3, -0.25) is 13.9 Å². The van der Waals surface area contributed by atoms with Crippen LogP contribution in [0.3, 0.4) is 0 Å². The Labute approximate surface area is 250 Å². The number of carbonyl (C=O) groups excluding carboxylic acids is 2. The van der Waals surface area contributed by atoms with Gasteiger partial charge in [-0.1, -0.05) is 37.6 Å². The van der Waals surface area contributed by atoms with Gasteiger partial charge in [-0.05, 0) is 66.9 Å². The average molecular weight is 618 g/mol. The third-order valence-corrected chi connectivity index (χ3v) is 8.59. The summed E-state index contributed by atoms with van der Waals surface area (Å²) in [6.07, 6.45) is 0. The van der Waals surface area contributed by atoms with Crippen LogP contribution < -0.4 is 19.1 Å². The van der Waals surface area contributed by atoms with E-state index in [2.05, 4.69) is 5.32 Å². The summed E-state index contributed by atoms with van der Waals surface area (Å²) in [5.74, 6) is -0.762. The maximum absolute atomic E-state index is 14.0. The van der Waals surface area contributed by atoms with Crippen LogP contribution in [0, 0.1) is 11.7 Å². The van der Waals surface area contributed by atoms with Gasteiger partial charge >= 0.3 is 0 Å². The lowest BCUT2D eigenvalue weighted by Crippen LogP contribution is -2.51. The number of carbonyl (C=O) groups is 2. The van der Waals surface area contributed by atoms with Gasteiger partial charge in [0, 0.05) is 24.2 Å². The number of benzene rings is 3. The van der Waals surface area contributed by atoms with E-state index in [4.69, 9.17) is 21.1 Å². The van der Waals surface area contributed by atoms with Crippen molar-refractivity contribution in [1.82, 2.24) is 10.2 Å².